The molecule has 8 heteroatoms. The van der Waals surface area contributed by atoms with Crippen molar-refractivity contribution in [2.75, 3.05) is 20.1 Å². The second kappa shape index (κ2) is 7.35. The zero-order valence-corrected chi connectivity index (χ0v) is 15.5. The molecule has 4 rings (SSSR count). The van der Waals surface area contributed by atoms with Crippen LogP contribution in [0.5, 0.6) is 0 Å². The highest BCUT2D eigenvalue weighted by Gasteiger charge is 2.35. The van der Waals surface area contributed by atoms with Crippen LogP contribution in [-0.2, 0) is 13.0 Å². The lowest BCUT2D eigenvalue weighted by molar-refractivity contribution is 0.183. The predicted molar refractivity (Wildman–Crippen MR) is 99.8 cm³/mol. The lowest BCUT2D eigenvalue weighted by Crippen LogP contribution is -2.49. The second-order valence-electron chi connectivity index (χ2n) is 7.43. The highest BCUT2D eigenvalue weighted by molar-refractivity contribution is 5.75. The number of pyridine rings is 1. The standard InChI is InChI=1S/C20H22F2N4O2/c1-25-8-6-17(18(25)13-2-3-15(21)16(22)10-13)24-20(28)26-9-5-12-4-7-23-19(27)14(12)11-26/h2-4,7,10,17-18H,5-6,8-9,11H2,1H3,(H,23,27)(H,24,28)/t17-,18-/m1/s1. The number of rotatable bonds is 2. The van der Waals surface area contributed by atoms with Crippen LogP contribution in [0.3, 0.4) is 0 Å². The fraction of sp³-hybridized carbons (Fsp3) is 0.400. The number of aromatic nitrogens is 1. The molecule has 6 nitrogen and oxygen atoms in total. The van der Waals surface area contributed by atoms with E-state index >= 15 is 0 Å². The number of amides is 2. The molecule has 148 valence electrons. The Morgan fingerprint density at radius 1 is 1.21 bits per heavy atom. The monoisotopic (exact) mass is 388 g/mol. The summed E-state index contributed by atoms with van der Waals surface area (Å²) in [5, 5.41) is 3.03. The van der Waals surface area contributed by atoms with E-state index in [4.69, 9.17) is 0 Å². The first-order valence-electron chi connectivity index (χ1n) is 9.34. The Kier molecular flexibility index (Phi) is 4.89. The first-order valence-corrected chi connectivity index (χ1v) is 9.34. The van der Waals surface area contributed by atoms with Gasteiger partial charge in [0.2, 0.25) is 0 Å². The van der Waals surface area contributed by atoms with Gasteiger partial charge in [-0.25, -0.2) is 13.6 Å². The predicted octanol–water partition coefficient (Wildman–Crippen LogP) is 2.17. The van der Waals surface area contributed by atoms with Crippen molar-refractivity contribution in [2.24, 2.45) is 0 Å². The first kappa shape index (κ1) is 18.6. The topological polar surface area (TPSA) is 68.4 Å². The van der Waals surface area contributed by atoms with Crippen LogP contribution in [0.1, 0.15) is 29.2 Å². The van der Waals surface area contributed by atoms with E-state index in [0.29, 0.717) is 30.5 Å². The molecule has 0 bridgehead atoms. The largest absolute Gasteiger partial charge is 0.333 e. The number of benzene rings is 1. The molecule has 1 fully saturated rings. The quantitative estimate of drug-likeness (QED) is 0.829. The maximum Gasteiger partial charge on any atom is 0.317 e. The number of H-pyrrole nitrogens is 1. The van der Waals surface area contributed by atoms with Crippen LogP contribution in [0.2, 0.25) is 0 Å². The summed E-state index contributed by atoms with van der Waals surface area (Å²) in [6.07, 6.45) is 2.96. The van der Waals surface area contributed by atoms with E-state index in [1.807, 2.05) is 18.0 Å². The molecule has 1 saturated heterocycles. The maximum absolute atomic E-state index is 13.7. The van der Waals surface area contributed by atoms with Crippen LogP contribution in [0, 0.1) is 11.6 Å². The van der Waals surface area contributed by atoms with E-state index in [1.165, 1.54) is 6.07 Å². The van der Waals surface area contributed by atoms with Crippen molar-refractivity contribution in [1.82, 2.24) is 20.1 Å². The third kappa shape index (κ3) is 3.40. The van der Waals surface area contributed by atoms with E-state index < -0.39 is 11.6 Å². The van der Waals surface area contributed by atoms with Crippen LogP contribution < -0.4 is 10.9 Å². The molecule has 2 aliphatic rings. The smallest absolute Gasteiger partial charge is 0.317 e. The van der Waals surface area contributed by atoms with Gasteiger partial charge in [-0.15, -0.1) is 0 Å². The Balaban J connectivity index is 1.50. The average Bonchev–Trinajstić information content (AvgIpc) is 3.04. The summed E-state index contributed by atoms with van der Waals surface area (Å²) in [4.78, 5) is 31.2. The molecule has 0 aliphatic carbocycles. The zero-order valence-electron chi connectivity index (χ0n) is 15.5. The van der Waals surface area contributed by atoms with Crippen molar-refractivity contribution in [1.29, 1.82) is 0 Å². The van der Waals surface area contributed by atoms with Crippen molar-refractivity contribution in [3.05, 3.63) is 69.1 Å². The number of urea groups is 1. The number of likely N-dealkylation sites (N-methyl/N-ethyl adjacent to an activating group) is 1. The average molecular weight is 388 g/mol. The molecule has 1 aromatic heterocycles. The van der Waals surface area contributed by atoms with Gasteiger partial charge in [-0.3, -0.25) is 9.69 Å². The molecule has 3 heterocycles. The molecule has 0 unspecified atom stereocenters. The number of hydrogen-bond donors (Lipinski definition) is 2. The third-order valence-electron chi connectivity index (χ3n) is 5.69. The highest BCUT2D eigenvalue weighted by Crippen LogP contribution is 2.32. The Labute approximate surface area is 161 Å². The lowest BCUT2D eigenvalue weighted by Gasteiger charge is -2.31. The normalized spacial score (nSPS) is 22.2. The summed E-state index contributed by atoms with van der Waals surface area (Å²) >= 11 is 0. The summed E-state index contributed by atoms with van der Waals surface area (Å²) < 4.78 is 27.0. The minimum Gasteiger partial charge on any atom is -0.333 e. The van der Waals surface area contributed by atoms with Crippen LogP contribution in [0.15, 0.2) is 35.3 Å². The van der Waals surface area contributed by atoms with E-state index in [0.717, 1.165) is 18.2 Å². The van der Waals surface area contributed by atoms with Gasteiger partial charge in [0, 0.05) is 24.8 Å². The first-order chi connectivity index (χ1) is 13.4. The van der Waals surface area contributed by atoms with Crippen LogP contribution >= 0.6 is 0 Å². The van der Waals surface area contributed by atoms with Gasteiger partial charge < -0.3 is 15.2 Å². The number of carbonyl (C=O) groups excluding carboxylic acids is 1. The Hall–Kier alpha value is -2.74. The number of aromatic amines is 1. The van der Waals surface area contributed by atoms with E-state index in [9.17, 15) is 18.4 Å². The number of nitrogens with one attached hydrogen (secondary N) is 2. The number of halogens is 2. The van der Waals surface area contributed by atoms with E-state index in [1.54, 1.807) is 17.2 Å². The minimum absolute atomic E-state index is 0.171. The molecule has 2 aliphatic heterocycles. The second-order valence-corrected chi connectivity index (χ2v) is 7.43. The van der Waals surface area contributed by atoms with Crippen molar-refractivity contribution in [3.63, 3.8) is 0 Å². The summed E-state index contributed by atoms with van der Waals surface area (Å²) in [6.45, 7) is 1.52. The lowest BCUT2D eigenvalue weighted by atomic mass is 9.99. The van der Waals surface area contributed by atoms with E-state index in [-0.39, 0.29) is 30.2 Å². The molecule has 2 amide bonds. The van der Waals surface area contributed by atoms with Crippen molar-refractivity contribution in [3.8, 4) is 0 Å². The number of nitrogens with zero attached hydrogens (tertiary/aromatic N) is 2. The van der Waals surface area contributed by atoms with Gasteiger partial charge in [0.1, 0.15) is 0 Å². The molecule has 28 heavy (non-hydrogen) atoms. The van der Waals surface area contributed by atoms with Gasteiger partial charge in [-0.2, -0.15) is 0 Å². The fourth-order valence-electron chi connectivity index (χ4n) is 4.19. The van der Waals surface area contributed by atoms with Crippen LogP contribution in [-0.4, -0.2) is 47.0 Å². The van der Waals surface area contributed by atoms with Crippen molar-refractivity contribution < 1.29 is 13.6 Å². The number of carbonyl (C=O) groups is 1. The van der Waals surface area contributed by atoms with E-state index in [2.05, 4.69) is 10.3 Å². The summed E-state index contributed by atoms with van der Waals surface area (Å²) in [5.41, 5.74) is 2.04. The highest BCUT2D eigenvalue weighted by atomic mass is 19.2. The molecule has 2 aromatic rings. The Morgan fingerprint density at radius 3 is 2.82 bits per heavy atom. The SMILES string of the molecule is CN1CC[C@@H](NC(=O)N2CCc3cc[nH]c(=O)c3C2)[C@H]1c1ccc(F)c(F)c1. The van der Waals surface area contributed by atoms with Gasteiger partial charge in [0.05, 0.1) is 18.6 Å². The molecule has 0 spiro atoms. The summed E-state index contributed by atoms with van der Waals surface area (Å²) in [7, 11) is 1.90. The molecule has 2 atom stereocenters. The van der Waals surface area contributed by atoms with Crippen LogP contribution in [0.25, 0.3) is 0 Å². The third-order valence-corrected chi connectivity index (χ3v) is 5.69. The summed E-state index contributed by atoms with van der Waals surface area (Å²) in [5.74, 6) is -1.78. The fourth-order valence-corrected chi connectivity index (χ4v) is 4.19. The van der Waals surface area contributed by atoms with Crippen LogP contribution in [0.4, 0.5) is 13.6 Å². The van der Waals surface area contributed by atoms with Gasteiger partial charge in [0.25, 0.3) is 5.56 Å². The van der Waals surface area contributed by atoms with Crippen molar-refractivity contribution >= 4 is 6.03 Å². The number of fused-ring (bicyclic) bond motifs is 1. The number of hydrogen-bond acceptors (Lipinski definition) is 3. The number of likely N-dealkylation sites (tertiary alicyclic amines) is 1. The van der Waals surface area contributed by atoms with Gasteiger partial charge in [-0.1, -0.05) is 6.07 Å². The van der Waals surface area contributed by atoms with Gasteiger partial charge in [-0.05, 0) is 49.2 Å². The molecule has 0 saturated carbocycles. The van der Waals surface area contributed by atoms with Gasteiger partial charge >= 0.3 is 6.03 Å². The Morgan fingerprint density at radius 2 is 2.04 bits per heavy atom. The molecule has 0 radical (unpaired) electrons. The molecular weight excluding hydrogens is 366 g/mol. The Bertz CT molecular complexity index is 961. The zero-order chi connectivity index (χ0) is 19.8. The minimum atomic E-state index is -0.894. The molecular formula is C20H22F2N4O2. The molecule has 1 aromatic carbocycles. The maximum atomic E-state index is 13.7. The van der Waals surface area contributed by atoms with Crippen molar-refractivity contribution in [2.45, 2.75) is 31.5 Å². The summed E-state index contributed by atoms with van der Waals surface area (Å²) in [6, 6.07) is 5.03. The molecule has 2 N–H and O–H groups in total. The van der Waals surface area contributed by atoms with Gasteiger partial charge in [0.15, 0.2) is 11.6 Å².